The van der Waals surface area contributed by atoms with Crippen LogP contribution in [0.4, 0.5) is 0 Å². The first-order valence-corrected chi connectivity index (χ1v) is 9.27. The van der Waals surface area contributed by atoms with E-state index < -0.39 is 5.91 Å². The van der Waals surface area contributed by atoms with Crippen molar-refractivity contribution in [3.05, 3.63) is 63.7 Å². The number of rotatable bonds is 8. The molecule has 0 radical (unpaired) electrons. The summed E-state index contributed by atoms with van der Waals surface area (Å²) < 4.78 is 11.7. The van der Waals surface area contributed by atoms with E-state index in [4.69, 9.17) is 32.1 Å². The summed E-state index contributed by atoms with van der Waals surface area (Å²) >= 11 is 6.02. The van der Waals surface area contributed by atoms with E-state index in [1.165, 1.54) is 6.08 Å². The summed E-state index contributed by atoms with van der Waals surface area (Å²) in [6.07, 6.45) is 1.36. The molecule has 28 heavy (non-hydrogen) atoms. The van der Waals surface area contributed by atoms with Crippen molar-refractivity contribution in [3.63, 3.8) is 0 Å². The Morgan fingerprint density at radius 3 is 2.46 bits per heavy atom. The number of carbonyl (C=O) groups excluding carboxylic acids is 1. The molecule has 0 saturated heterocycles. The van der Waals surface area contributed by atoms with Crippen molar-refractivity contribution < 1.29 is 14.3 Å². The fourth-order valence-electron chi connectivity index (χ4n) is 2.62. The molecule has 2 N–H and O–H groups in total. The van der Waals surface area contributed by atoms with Gasteiger partial charge in [-0.25, -0.2) is 0 Å². The first kappa shape index (κ1) is 21.3. The van der Waals surface area contributed by atoms with Gasteiger partial charge in [0.15, 0.2) is 0 Å². The lowest BCUT2D eigenvalue weighted by atomic mass is 10.0. The summed E-state index contributed by atoms with van der Waals surface area (Å²) in [6.45, 7) is 6.88. The van der Waals surface area contributed by atoms with Gasteiger partial charge in [0, 0.05) is 10.6 Å². The van der Waals surface area contributed by atoms with Gasteiger partial charge in [0.25, 0.3) is 5.91 Å². The zero-order chi connectivity index (χ0) is 20.7. The van der Waals surface area contributed by atoms with Gasteiger partial charge in [0.05, 0.1) is 0 Å². The van der Waals surface area contributed by atoms with Gasteiger partial charge in [-0.1, -0.05) is 37.6 Å². The van der Waals surface area contributed by atoms with Crippen molar-refractivity contribution in [2.45, 2.75) is 26.7 Å². The van der Waals surface area contributed by atoms with Crippen LogP contribution in [0.2, 0.25) is 5.02 Å². The Hall–Kier alpha value is -2.97. The number of amides is 1. The average molecular weight is 399 g/mol. The van der Waals surface area contributed by atoms with Gasteiger partial charge in [-0.2, -0.15) is 5.26 Å². The molecular weight excluding hydrogens is 376 g/mol. The lowest BCUT2D eigenvalue weighted by molar-refractivity contribution is -0.114. The zero-order valence-electron chi connectivity index (χ0n) is 16.2. The van der Waals surface area contributed by atoms with Crippen LogP contribution in [0.15, 0.2) is 42.0 Å². The fourth-order valence-corrected chi connectivity index (χ4v) is 2.80. The molecule has 2 rings (SSSR count). The smallest absolute Gasteiger partial charge is 0.259 e. The first-order chi connectivity index (χ1) is 13.3. The van der Waals surface area contributed by atoms with Crippen molar-refractivity contribution in [2.75, 3.05) is 13.2 Å². The Kier molecular flexibility index (Phi) is 7.48. The molecular formula is C22H23ClN2O3. The first-order valence-electron chi connectivity index (χ1n) is 8.89. The van der Waals surface area contributed by atoms with Gasteiger partial charge in [0.1, 0.15) is 36.4 Å². The summed E-state index contributed by atoms with van der Waals surface area (Å²) in [4.78, 5) is 11.3. The second kappa shape index (κ2) is 9.82. The predicted octanol–water partition coefficient (Wildman–Crippen LogP) is 4.62. The van der Waals surface area contributed by atoms with Crippen LogP contribution in [0.1, 0.15) is 36.5 Å². The van der Waals surface area contributed by atoms with Gasteiger partial charge >= 0.3 is 0 Å². The average Bonchev–Trinajstić information content (AvgIpc) is 2.64. The minimum Gasteiger partial charge on any atom is -0.490 e. The minimum atomic E-state index is -0.808. The maximum Gasteiger partial charge on any atom is 0.259 e. The van der Waals surface area contributed by atoms with Crippen molar-refractivity contribution >= 4 is 23.6 Å². The maximum atomic E-state index is 11.3. The van der Waals surface area contributed by atoms with Crippen molar-refractivity contribution in [1.82, 2.24) is 0 Å². The van der Waals surface area contributed by atoms with Gasteiger partial charge in [-0.15, -0.1) is 0 Å². The third kappa shape index (κ3) is 5.77. The number of ether oxygens (including phenoxy) is 2. The van der Waals surface area contributed by atoms with Crippen LogP contribution in [-0.2, 0) is 4.79 Å². The lowest BCUT2D eigenvalue weighted by Crippen LogP contribution is -2.13. The Balaban J connectivity index is 2.09. The Morgan fingerprint density at radius 2 is 1.86 bits per heavy atom. The van der Waals surface area contributed by atoms with E-state index in [-0.39, 0.29) is 12.2 Å². The number of nitrogens with two attached hydrogens (primary N) is 1. The maximum absolute atomic E-state index is 11.3. The molecule has 146 valence electrons. The Labute approximate surface area is 170 Å². The van der Waals surface area contributed by atoms with E-state index in [0.29, 0.717) is 28.9 Å². The molecule has 0 spiro atoms. The molecule has 0 aliphatic carbocycles. The molecule has 6 heteroatoms. The molecule has 0 bridgehead atoms. The second-order valence-corrected chi connectivity index (χ2v) is 7.05. The zero-order valence-corrected chi connectivity index (χ0v) is 16.9. The number of hydrogen-bond acceptors (Lipinski definition) is 4. The van der Waals surface area contributed by atoms with Crippen LogP contribution in [0.3, 0.4) is 0 Å². The van der Waals surface area contributed by atoms with Crippen molar-refractivity contribution in [1.29, 1.82) is 5.26 Å². The van der Waals surface area contributed by atoms with Crippen LogP contribution >= 0.6 is 11.6 Å². The lowest BCUT2D eigenvalue weighted by Gasteiger charge is -2.16. The highest BCUT2D eigenvalue weighted by atomic mass is 35.5. The molecule has 0 heterocycles. The molecule has 0 saturated carbocycles. The highest BCUT2D eigenvalue weighted by Gasteiger charge is 2.10. The molecule has 0 aliphatic rings. The van der Waals surface area contributed by atoms with Gasteiger partial charge in [-0.05, 0) is 54.3 Å². The monoisotopic (exact) mass is 398 g/mol. The molecule has 0 atom stereocenters. The number of hydrogen-bond donors (Lipinski definition) is 1. The number of primary amides is 1. The summed E-state index contributed by atoms with van der Waals surface area (Å²) in [5, 5.41) is 9.49. The van der Waals surface area contributed by atoms with Gasteiger partial charge in [-0.3, -0.25) is 4.79 Å². The number of carbonyl (C=O) groups is 1. The topological polar surface area (TPSA) is 85.3 Å². The Morgan fingerprint density at radius 1 is 1.18 bits per heavy atom. The molecule has 2 aromatic rings. The summed E-state index contributed by atoms with van der Waals surface area (Å²) in [5.74, 6) is 0.866. The normalized spacial score (nSPS) is 11.2. The van der Waals surface area contributed by atoms with Crippen LogP contribution in [0.5, 0.6) is 11.5 Å². The molecule has 2 aromatic carbocycles. The van der Waals surface area contributed by atoms with Crippen molar-refractivity contribution in [3.8, 4) is 17.6 Å². The predicted molar refractivity (Wildman–Crippen MR) is 110 cm³/mol. The highest BCUT2D eigenvalue weighted by Crippen LogP contribution is 2.28. The second-order valence-electron chi connectivity index (χ2n) is 6.61. The number of aryl methyl sites for hydroxylation is 1. The summed E-state index contributed by atoms with van der Waals surface area (Å²) in [7, 11) is 0. The number of nitriles is 1. The number of benzene rings is 2. The van der Waals surface area contributed by atoms with Gasteiger partial charge < -0.3 is 15.2 Å². The molecule has 0 fully saturated rings. The SMILES string of the molecule is Cc1ccc(C(C)C)c(OCCOc2ccc(Cl)cc2/C=C(/C#N)C(N)=O)c1. The van der Waals surface area contributed by atoms with Crippen LogP contribution in [0, 0.1) is 18.3 Å². The number of halogens is 1. The highest BCUT2D eigenvalue weighted by molar-refractivity contribution is 6.30. The van der Waals surface area contributed by atoms with E-state index in [9.17, 15) is 4.79 Å². The van der Waals surface area contributed by atoms with Crippen LogP contribution in [-0.4, -0.2) is 19.1 Å². The third-order valence-electron chi connectivity index (χ3n) is 4.05. The van der Waals surface area contributed by atoms with E-state index in [2.05, 4.69) is 26.0 Å². The van der Waals surface area contributed by atoms with E-state index in [0.717, 1.165) is 16.9 Å². The fraction of sp³-hybridized carbons (Fsp3) is 0.273. The largest absolute Gasteiger partial charge is 0.490 e. The Bertz CT molecular complexity index is 930. The number of nitrogens with zero attached hydrogens (tertiary/aromatic N) is 1. The standard InChI is InChI=1S/C22H23ClN2O3/c1-14(2)19-6-4-15(3)10-21(19)28-9-8-27-20-7-5-18(23)12-16(20)11-17(13-24)22(25)26/h4-7,10-12,14H,8-9H2,1-3H3,(H2,25,26)/b17-11-. The van der Waals surface area contributed by atoms with Gasteiger partial charge in [0.2, 0.25) is 0 Å². The molecule has 5 nitrogen and oxygen atoms in total. The van der Waals surface area contributed by atoms with E-state index in [1.54, 1.807) is 24.3 Å². The molecule has 0 aromatic heterocycles. The van der Waals surface area contributed by atoms with E-state index in [1.807, 2.05) is 13.0 Å². The van der Waals surface area contributed by atoms with Crippen LogP contribution < -0.4 is 15.2 Å². The van der Waals surface area contributed by atoms with Crippen molar-refractivity contribution in [2.24, 2.45) is 5.73 Å². The summed E-state index contributed by atoms with van der Waals surface area (Å²) in [5.41, 5.74) is 7.79. The molecule has 1 amide bonds. The minimum absolute atomic E-state index is 0.176. The third-order valence-corrected chi connectivity index (χ3v) is 4.28. The molecule has 0 unspecified atom stereocenters. The molecule has 0 aliphatic heterocycles. The van der Waals surface area contributed by atoms with Crippen LogP contribution in [0.25, 0.3) is 6.08 Å². The quantitative estimate of drug-likeness (QED) is 0.399. The van der Waals surface area contributed by atoms with E-state index >= 15 is 0 Å². The summed E-state index contributed by atoms with van der Waals surface area (Å²) in [6, 6.07) is 12.9.